The van der Waals surface area contributed by atoms with Gasteiger partial charge in [0.05, 0.1) is 0 Å². The Morgan fingerprint density at radius 2 is 2.14 bits per heavy atom. The molecule has 2 rings (SSSR count). The lowest BCUT2D eigenvalue weighted by Gasteiger charge is -2.32. The fourth-order valence-corrected chi connectivity index (χ4v) is 2.94. The number of piperidine rings is 1. The second-order valence-corrected chi connectivity index (χ2v) is 6.06. The largest absolute Gasteiger partial charge is 0.325 e. The third kappa shape index (κ3) is 4.46. The summed E-state index contributed by atoms with van der Waals surface area (Å²) in [6, 6.07) is 7.76. The maximum atomic E-state index is 12.3. The van der Waals surface area contributed by atoms with E-state index in [1.807, 2.05) is 36.1 Å². The molecule has 1 fully saturated rings. The lowest BCUT2D eigenvalue weighted by molar-refractivity contribution is 0.179. The minimum absolute atomic E-state index is 0.00627. The number of carbonyl (C=O) groups is 1. The molecule has 1 aliphatic rings. The predicted octanol–water partition coefficient (Wildman–Crippen LogP) is 3.75. The summed E-state index contributed by atoms with van der Waals surface area (Å²) in [6.45, 7) is 5.90. The molecule has 4 heteroatoms. The van der Waals surface area contributed by atoms with E-state index in [1.54, 1.807) is 0 Å². The lowest BCUT2D eigenvalue weighted by Crippen LogP contribution is -2.41. The van der Waals surface area contributed by atoms with Gasteiger partial charge in [-0.15, -0.1) is 0 Å². The number of anilines is 1. The SMILES string of the molecule is CCCC1CCN(C(=O)Nc2cccc(C(C)N)c2)CC1. The summed E-state index contributed by atoms with van der Waals surface area (Å²) in [6.07, 6.45) is 4.77. The highest BCUT2D eigenvalue weighted by Crippen LogP contribution is 2.22. The summed E-state index contributed by atoms with van der Waals surface area (Å²) in [5, 5.41) is 2.99. The number of hydrogen-bond donors (Lipinski definition) is 2. The molecule has 1 unspecified atom stereocenters. The number of nitrogens with one attached hydrogen (secondary N) is 1. The van der Waals surface area contributed by atoms with Crippen LogP contribution in [-0.2, 0) is 0 Å². The third-order valence-electron chi connectivity index (χ3n) is 4.26. The third-order valence-corrected chi connectivity index (χ3v) is 4.26. The summed E-state index contributed by atoms with van der Waals surface area (Å²) < 4.78 is 0. The molecule has 2 amide bonds. The first-order chi connectivity index (χ1) is 10.1. The predicted molar refractivity (Wildman–Crippen MR) is 87.3 cm³/mol. The smallest absolute Gasteiger partial charge is 0.321 e. The summed E-state index contributed by atoms with van der Waals surface area (Å²) in [7, 11) is 0. The molecule has 0 saturated carbocycles. The van der Waals surface area contributed by atoms with Gasteiger partial charge in [0.2, 0.25) is 0 Å². The highest BCUT2D eigenvalue weighted by molar-refractivity contribution is 5.89. The molecular weight excluding hydrogens is 262 g/mol. The average Bonchev–Trinajstić information content (AvgIpc) is 2.48. The molecule has 4 nitrogen and oxygen atoms in total. The van der Waals surface area contributed by atoms with E-state index in [0.717, 1.165) is 43.1 Å². The normalized spacial score (nSPS) is 17.6. The minimum atomic E-state index is -0.0216. The van der Waals surface area contributed by atoms with E-state index in [4.69, 9.17) is 5.73 Å². The van der Waals surface area contributed by atoms with Gasteiger partial charge < -0.3 is 16.0 Å². The molecule has 21 heavy (non-hydrogen) atoms. The van der Waals surface area contributed by atoms with Gasteiger partial charge in [-0.1, -0.05) is 31.9 Å². The van der Waals surface area contributed by atoms with Gasteiger partial charge >= 0.3 is 6.03 Å². The number of benzene rings is 1. The zero-order valence-electron chi connectivity index (χ0n) is 13.1. The first-order valence-corrected chi connectivity index (χ1v) is 8.01. The number of nitrogens with two attached hydrogens (primary N) is 1. The van der Waals surface area contributed by atoms with Crippen molar-refractivity contribution >= 4 is 11.7 Å². The van der Waals surface area contributed by atoms with E-state index in [2.05, 4.69) is 12.2 Å². The van der Waals surface area contributed by atoms with Gasteiger partial charge in [-0.2, -0.15) is 0 Å². The van der Waals surface area contributed by atoms with Crippen molar-refractivity contribution in [1.29, 1.82) is 0 Å². The van der Waals surface area contributed by atoms with E-state index < -0.39 is 0 Å². The quantitative estimate of drug-likeness (QED) is 0.887. The van der Waals surface area contributed by atoms with Crippen LogP contribution in [0, 0.1) is 5.92 Å². The molecule has 0 radical (unpaired) electrons. The van der Waals surface area contributed by atoms with Crippen LogP contribution < -0.4 is 11.1 Å². The van der Waals surface area contributed by atoms with E-state index in [-0.39, 0.29) is 12.1 Å². The Labute approximate surface area is 127 Å². The molecule has 0 spiro atoms. The van der Waals surface area contributed by atoms with Gasteiger partial charge in [-0.3, -0.25) is 0 Å². The van der Waals surface area contributed by atoms with Crippen molar-refractivity contribution in [3.63, 3.8) is 0 Å². The van der Waals surface area contributed by atoms with Crippen molar-refractivity contribution in [3.05, 3.63) is 29.8 Å². The van der Waals surface area contributed by atoms with Gasteiger partial charge in [0.1, 0.15) is 0 Å². The monoisotopic (exact) mass is 289 g/mol. The van der Waals surface area contributed by atoms with Gasteiger partial charge in [0.25, 0.3) is 0 Å². The highest BCUT2D eigenvalue weighted by atomic mass is 16.2. The van der Waals surface area contributed by atoms with Crippen LogP contribution in [0.4, 0.5) is 10.5 Å². The highest BCUT2D eigenvalue weighted by Gasteiger charge is 2.22. The number of carbonyl (C=O) groups excluding carboxylic acids is 1. The molecule has 1 aliphatic heterocycles. The van der Waals surface area contributed by atoms with Crippen molar-refractivity contribution in [3.8, 4) is 0 Å². The standard InChI is InChI=1S/C17H27N3O/c1-3-5-14-8-10-20(11-9-14)17(21)19-16-7-4-6-15(12-16)13(2)18/h4,6-7,12-14H,3,5,8-11,18H2,1-2H3,(H,19,21). The fourth-order valence-electron chi connectivity index (χ4n) is 2.94. The number of amides is 2. The van der Waals surface area contributed by atoms with Crippen LogP contribution in [0.1, 0.15) is 51.1 Å². The second-order valence-electron chi connectivity index (χ2n) is 6.06. The molecule has 1 heterocycles. The Hall–Kier alpha value is -1.55. The molecular formula is C17H27N3O. The van der Waals surface area contributed by atoms with Crippen molar-refractivity contribution < 1.29 is 4.79 Å². The zero-order chi connectivity index (χ0) is 15.2. The van der Waals surface area contributed by atoms with E-state index >= 15 is 0 Å². The maximum absolute atomic E-state index is 12.3. The summed E-state index contributed by atoms with van der Waals surface area (Å²) in [4.78, 5) is 14.2. The van der Waals surface area contributed by atoms with Crippen molar-refractivity contribution in [2.45, 2.75) is 45.6 Å². The molecule has 0 aromatic heterocycles. The van der Waals surface area contributed by atoms with Gasteiger partial charge in [0.15, 0.2) is 0 Å². The molecule has 1 saturated heterocycles. The van der Waals surface area contributed by atoms with E-state index in [0.29, 0.717) is 0 Å². The Morgan fingerprint density at radius 3 is 2.76 bits per heavy atom. The molecule has 3 N–H and O–H groups in total. The fraction of sp³-hybridized carbons (Fsp3) is 0.588. The molecule has 1 atom stereocenters. The first kappa shape index (κ1) is 15.8. The van der Waals surface area contributed by atoms with E-state index in [1.165, 1.54) is 12.8 Å². The topological polar surface area (TPSA) is 58.4 Å². The number of hydrogen-bond acceptors (Lipinski definition) is 2. The molecule has 0 aliphatic carbocycles. The molecule has 0 bridgehead atoms. The number of rotatable bonds is 4. The Morgan fingerprint density at radius 1 is 1.43 bits per heavy atom. The van der Waals surface area contributed by atoms with Crippen molar-refractivity contribution in [2.24, 2.45) is 11.7 Å². The van der Waals surface area contributed by atoms with E-state index in [9.17, 15) is 4.79 Å². The van der Waals surface area contributed by atoms with Crippen LogP contribution in [0.3, 0.4) is 0 Å². The first-order valence-electron chi connectivity index (χ1n) is 8.01. The van der Waals surface area contributed by atoms with Crippen LogP contribution in [-0.4, -0.2) is 24.0 Å². The van der Waals surface area contributed by atoms with Crippen LogP contribution in [0.2, 0.25) is 0 Å². The van der Waals surface area contributed by atoms with Crippen LogP contribution in [0.5, 0.6) is 0 Å². The van der Waals surface area contributed by atoms with Crippen LogP contribution >= 0.6 is 0 Å². The second kappa shape index (κ2) is 7.46. The molecule has 116 valence electrons. The van der Waals surface area contributed by atoms with Gasteiger partial charge in [-0.25, -0.2) is 4.79 Å². The van der Waals surface area contributed by atoms with Gasteiger partial charge in [-0.05, 0) is 43.4 Å². The average molecular weight is 289 g/mol. The summed E-state index contributed by atoms with van der Waals surface area (Å²) in [5.41, 5.74) is 7.74. The Bertz CT molecular complexity index is 465. The molecule has 1 aromatic rings. The Balaban J connectivity index is 1.89. The lowest BCUT2D eigenvalue weighted by atomic mass is 9.93. The van der Waals surface area contributed by atoms with Crippen LogP contribution in [0.15, 0.2) is 24.3 Å². The zero-order valence-corrected chi connectivity index (χ0v) is 13.1. The molecule has 1 aromatic carbocycles. The minimum Gasteiger partial charge on any atom is -0.325 e. The number of urea groups is 1. The Kier molecular flexibility index (Phi) is 5.62. The van der Waals surface area contributed by atoms with Crippen LogP contribution in [0.25, 0.3) is 0 Å². The van der Waals surface area contributed by atoms with Gasteiger partial charge in [0, 0.05) is 24.8 Å². The maximum Gasteiger partial charge on any atom is 0.321 e. The number of nitrogens with zero attached hydrogens (tertiary/aromatic N) is 1. The van der Waals surface area contributed by atoms with Crippen molar-refractivity contribution in [2.75, 3.05) is 18.4 Å². The summed E-state index contributed by atoms with van der Waals surface area (Å²) >= 11 is 0. The van der Waals surface area contributed by atoms with Crippen molar-refractivity contribution in [1.82, 2.24) is 4.90 Å². The number of likely N-dealkylation sites (tertiary alicyclic amines) is 1. The summed E-state index contributed by atoms with van der Waals surface area (Å²) in [5.74, 6) is 0.792.